The molecule has 0 bridgehead atoms. The molecule has 2 heterocycles. The van der Waals surface area contributed by atoms with Crippen molar-refractivity contribution in [2.75, 3.05) is 0 Å². The SMILES string of the molecule is Cc1ccc(C(=O)/C=C/c2ccc(-c3ccc(Cl)cc3[N+](=O)[O-])o2)o1. The van der Waals surface area contributed by atoms with Crippen LogP contribution in [0.4, 0.5) is 5.69 Å². The average molecular weight is 358 g/mol. The predicted octanol–water partition coefficient (Wildman–Crippen LogP) is 5.31. The Morgan fingerprint density at radius 2 is 1.96 bits per heavy atom. The zero-order valence-electron chi connectivity index (χ0n) is 13.1. The van der Waals surface area contributed by atoms with E-state index < -0.39 is 4.92 Å². The maximum absolute atomic E-state index is 12.0. The molecule has 0 fully saturated rings. The summed E-state index contributed by atoms with van der Waals surface area (Å²) in [4.78, 5) is 22.6. The fourth-order valence-corrected chi connectivity index (χ4v) is 2.42. The second-order valence-electron chi connectivity index (χ2n) is 5.23. The van der Waals surface area contributed by atoms with E-state index in [0.29, 0.717) is 22.8 Å². The Bertz CT molecular complexity index is 983. The van der Waals surface area contributed by atoms with E-state index in [9.17, 15) is 14.9 Å². The third kappa shape index (κ3) is 3.70. The lowest BCUT2D eigenvalue weighted by Crippen LogP contribution is -1.91. The van der Waals surface area contributed by atoms with Crippen LogP contribution in [0, 0.1) is 17.0 Å². The summed E-state index contributed by atoms with van der Waals surface area (Å²) in [5.74, 6) is 1.27. The summed E-state index contributed by atoms with van der Waals surface area (Å²) in [5, 5.41) is 11.4. The summed E-state index contributed by atoms with van der Waals surface area (Å²) < 4.78 is 10.8. The smallest absolute Gasteiger partial charge is 0.281 e. The molecule has 25 heavy (non-hydrogen) atoms. The quantitative estimate of drug-likeness (QED) is 0.267. The lowest BCUT2D eigenvalue weighted by atomic mass is 10.1. The van der Waals surface area contributed by atoms with E-state index in [4.69, 9.17) is 20.4 Å². The number of benzene rings is 1. The molecular weight excluding hydrogens is 346 g/mol. The normalized spacial score (nSPS) is 11.1. The minimum absolute atomic E-state index is 0.153. The van der Waals surface area contributed by atoms with E-state index in [0.717, 1.165) is 0 Å². The van der Waals surface area contributed by atoms with Crippen molar-refractivity contribution >= 4 is 29.1 Å². The summed E-state index contributed by atoms with van der Waals surface area (Å²) >= 11 is 5.81. The fourth-order valence-electron chi connectivity index (χ4n) is 2.26. The van der Waals surface area contributed by atoms with Crippen LogP contribution in [0.25, 0.3) is 17.4 Å². The van der Waals surface area contributed by atoms with Crippen molar-refractivity contribution in [3.8, 4) is 11.3 Å². The molecule has 0 saturated carbocycles. The van der Waals surface area contributed by atoms with Crippen LogP contribution in [0.1, 0.15) is 22.1 Å². The molecule has 0 unspecified atom stereocenters. The Balaban J connectivity index is 1.85. The maximum atomic E-state index is 12.0. The molecule has 7 heteroatoms. The average Bonchev–Trinajstić information content (AvgIpc) is 3.21. The van der Waals surface area contributed by atoms with Gasteiger partial charge < -0.3 is 8.83 Å². The zero-order valence-corrected chi connectivity index (χ0v) is 13.8. The fraction of sp³-hybridized carbons (Fsp3) is 0.0556. The molecule has 3 aromatic rings. The first-order chi connectivity index (χ1) is 11.9. The van der Waals surface area contributed by atoms with Crippen molar-refractivity contribution in [1.29, 1.82) is 0 Å². The first kappa shape index (κ1) is 16.7. The number of aryl methyl sites for hydroxylation is 1. The second kappa shape index (κ2) is 6.78. The molecule has 2 aromatic heterocycles. The molecule has 0 aliphatic heterocycles. The van der Waals surface area contributed by atoms with Crippen molar-refractivity contribution in [2.24, 2.45) is 0 Å². The standard InChI is InChI=1S/C18H12ClNO5/c1-11-2-8-18(24-11)16(21)7-4-13-5-9-17(25-13)14-6-3-12(19)10-15(14)20(22)23/h2-10H,1H3/b7-4+. The Morgan fingerprint density at radius 1 is 1.16 bits per heavy atom. The Hall–Kier alpha value is -3.12. The summed E-state index contributed by atoms with van der Waals surface area (Å²) in [6.45, 7) is 1.75. The van der Waals surface area contributed by atoms with Crippen LogP contribution in [-0.2, 0) is 0 Å². The predicted molar refractivity (Wildman–Crippen MR) is 92.6 cm³/mol. The molecule has 1 aromatic carbocycles. The molecule has 0 spiro atoms. The number of carbonyl (C=O) groups is 1. The number of hydrogen-bond donors (Lipinski definition) is 0. The van der Waals surface area contributed by atoms with Crippen LogP contribution < -0.4 is 0 Å². The van der Waals surface area contributed by atoms with Crippen molar-refractivity contribution < 1.29 is 18.6 Å². The number of nitro groups is 1. The van der Waals surface area contributed by atoms with Crippen LogP contribution in [-0.4, -0.2) is 10.7 Å². The topological polar surface area (TPSA) is 86.5 Å². The number of nitrogens with zero attached hydrogens (tertiary/aromatic N) is 1. The highest BCUT2D eigenvalue weighted by atomic mass is 35.5. The van der Waals surface area contributed by atoms with Gasteiger partial charge in [-0.1, -0.05) is 11.6 Å². The van der Waals surface area contributed by atoms with Gasteiger partial charge in [-0.2, -0.15) is 0 Å². The van der Waals surface area contributed by atoms with Crippen molar-refractivity contribution in [3.63, 3.8) is 0 Å². The number of halogens is 1. The highest BCUT2D eigenvalue weighted by Gasteiger charge is 2.18. The molecular formula is C18H12ClNO5. The monoisotopic (exact) mass is 357 g/mol. The van der Waals surface area contributed by atoms with Crippen molar-refractivity contribution in [3.05, 3.63) is 81.0 Å². The maximum Gasteiger partial charge on any atom is 0.281 e. The third-order valence-corrected chi connectivity index (χ3v) is 3.67. The molecule has 0 radical (unpaired) electrons. The van der Waals surface area contributed by atoms with E-state index in [-0.39, 0.29) is 22.3 Å². The minimum atomic E-state index is -0.526. The van der Waals surface area contributed by atoms with Gasteiger partial charge in [0.25, 0.3) is 5.69 Å². The van der Waals surface area contributed by atoms with Crippen LogP contribution in [0.5, 0.6) is 0 Å². The van der Waals surface area contributed by atoms with Gasteiger partial charge in [-0.15, -0.1) is 0 Å². The first-order valence-corrected chi connectivity index (χ1v) is 7.65. The molecule has 0 atom stereocenters. The Labute approximate surface area is 147 Å². The van der Waals surface area contributed by atoms with E-state index in [1.807, 2.05) is 0 Å². The molecule has 0 aliphatic carbocycles. The zero-order chi connectivity index (χ0) is 18.0. The number of nitro benzene ring substituents is 1. The number of hydrogen-bond acceptors (Lipinski definition) is 5. The van der Waals surface area contributed by atoms with Gasteiger partial charge in [-0.25, -0.2) is 0 Å². The highest BCUT2D eigenvalue weighted by Crippen LogP contribution is 2.33. The van der Waals surface area contributed by atoms with Gasteiger partial charge in [0.2, 0.25) is 5.78 Å². The highest BCUT2D eigenvalue weighted by molar-refractivity contribution is 6.30. The van der Waals surface area contributed by atoms with E-state index in [2.05, 4.69) is 0 Å². The number of furan rings is 2. The van der Waals surface area contributed by atoms with Crippen molar-refractivity contribution in [2.45, 2.75) is 6.92 Å². The number of rotatable bonds is 5. The van der Waals surface area contributed by atoms with E-state index >= 15 is 0 Å². The molecule has 126 valence electrons. The van der Waals surface area contributed by atoms with Gasteiger partial charge in [0, 0.05) is 11.1 Å². The summed E-state index contributed by atoms with van der Waals surface area (Å²) in [6.07, 6.45) is 2.79. The molecule has 0 amide bonds. The first-order valence-electron chi connectivity index (χ1n) is 7.27. The lowest BCUT2D eigenvalue weighted by molar-refractivity contribution is -0.384. The molecule has 0 aliphatic rings. The second-order valence-corrected chi connectivity index (χ2v) is 5.66. The molecule has 6 nitrogen and oxygen atoms in total. The van der Waals surface area contributed by atoms with Gasteiger partial charge >= 0.3 is 0 Å². The lowest BCUT2D eigenvalue weighted by Gasteiger charge is -2.00. The molecule has 3 rings (SSSR count). The summed E-state index contributed by atoms with van der Waals surface area (Å²) in [5.41, 5.74) is 0.154. The molecule has 0 saturated heterocycles. The Kier molecular flexibility index (Phi) is 4.54. The van der Waals surface area contributed by atoms with Gasteiger partial charge in [0.1, 0.15) is 17.3 Å². The van der Waals surface area contributed by atoms with E-state index in [1.165, 1.54) is 24.3 Å². The van der Waals surface area contributed by atoms with Crippen LogP contribution in [0.2, 0.25) is 5.02 Å². The van der Waals surface area contributed by atoms with Gasteiger partial charge in [0.15, 0.2) is 5.76 Å². The summed E-state index contributed by atoms with van der Waals surface area (Å²) in [6, 6.07) is 10.8. The number of ketones is 1. The van der Waals surface area contributed by atoms with Gasteiger partial charge in [-0.05, 0) is 55.5 Å². The van der Waals surface area contributed by atoms with Crippen LogP contribution in [0.15, 0.2) is 57.4 Å². The third-order valence-electron chi connectivity index (χ3n) is 3.43. The number of allylic oxidation sites excluding steroid dienone is 1. The van der Waals surface area contributed by atoms with Crippen molar-refractivity contribution in [1.82, 2.24) is 0 Å². The Morgan fingerprint density at radius 3 is 2.64 bits per heavy atom. The van der Waals surface area contributed by atoms with Gasteiger partial charge in [-0.3, -0.25) is 14.9 Å². The van der Waals surface area contributed by atoms with Crippen LogP contribution >= 0.6 is 11.6 Å². The summed E-state index contributed by atoms with van der Waals surface area (Å²) in [7, 11) is 0. The minimum Gasteiger partial charge on any atom is -0.458 e. The van der Waals surface area contributed by atoms with Gasteiger partial charge in [0.05, 0.1) is 10.5 Å². The molecule has 0 N–H and O–H groups in total. The number of carbonyl (C=O) groups excluding carboxylic acids is 1. The largest absolute Gasteiger partial charge is 0.458 e. The van der Waals surface area contributed by atoms with E-state index in [1.54, 1.807) is 37.3 Å². The van der Waals surface area contributed by atoms with Crippen LogP contribution in [0.3, 0.4) is 0 Å².